The average Bonchev–Trinajstić information content (AvgIpc) is 3.04. The molecule has 0 aliphatic carbocycles. The summed E-state index contributed by atoms with van der Waals surface area (Å²) in [6, 6.07) is 4.24. The van der Waals surface area contributed by atoms with Gasteiger partial charge in [0.05, 0.1) is 6.61 Å². The van der Waals surface area contributed by atoms with E-state index in [4.69, 9.17) is 5.11 Å². The molecule has 0 saturated heterocycles. The predicted octanol–water partition coefficient (Wildman–Crippen LogP) is 2.84. The third-order valence-corrected chi connectivity index (χ3v) is 3.04. The van der Waals surface area contributed by atoms with Crippen LogP contribution in [0.2, 0.25) is 0 Å². The first-order valence-corrected chi connectivity index (χ1v) is 5.20. The van der Waals surface area contributed by atoms with Gasteiger partial charge in [0.2, 0.25) is 0 Å². The molecular formula is C11H8F3N3O. The summed E-state index contributed by atoms with van der Waals surface area (Å²) in [4.78, 5) is 2.87. The summed E-state index contributed by atoms with van der Waals surface area (Å²) in [6.45, 7) is -0.239. The number of hydrogen-bond donors (Lipinski definition) is 2. The molecule has 2 heterocycles. The molecule has 0 saturated carbocycles. The number of aromatic nitrogens is 1. The second kappa shape index (κ2) is 3.32. The molecule has 18 heavy (non-hydrogen) atoms. The maximum atomic E-state index is 12.8. The van der Waals surface area contributed by atoms with Gasteiger partial charge < -0.3 is 10.1 Å². The quantitative estimate of drug-likeness (QED) is 0.851. The fourth-order valence-electron chi connectivity index (χ4n) is 1.97. The van der Waals surface area contributed by atoms with Crippen molar-refractivity contribution in [3.8, 4) is 0 Å². The lowest BCUT2D eigenvalue weighted by Gasteiger charge is -2.14. The van der Waals surface area contributed by atoms with Crippen molar-refractivity contribution >= 4 is 10.9 Å². The SMILES string of the molecule is OCc1c[nH]c2ccc(C3(C(F)(F)F)N=N3)cc12. The first-order valence-electron chi connectivity index (χ1n) is 5.20. The molecule has 0 radical (unpaired) electrons. The van der Waals surface area contributed by atoms with Crippen LogP contribution in [0.15, 0.2) is 34.6 Å². The van der Waals surface area contributed by atoms with Crippen molar-refractivity contribution in [2.24, 2.45) is 10.2 Å². The molecule has 3 rings (SSSR count). The number of rotatable bonds is 2. The van der Waals surface area contributed by atoms with Gasteiger partial charge in [0.25, 0.3) is 0 Å². The average molecular weight is 255 g/mol. The van der Waals surface area contributed by atoms with Crippen LogP contribution >= 0.6 is 0 Å². The lowest BCUT2D eigenvalue weighted by Crippen LogP contribution is -2.30. The van der Waals surface area contributed by atoms with Crippen molar-refractivity contribution in [1.29, 1.82) is 0 Å². The third-order valence-electron chi connectivity index (χ3n) is 3.04. The number of nitrogens with zero attached hydrogens (tertiary/aromatic N) is 2. The lowest BCUT2D eigenvalue weighted by molar-refractivity contribution is -0.166. The zero-order chi connectivity index (χ0) is 13.0. The monoisotopic (exact) mass is 255 g/mol. The molecule has 1 aliphatic heterocycles. The van der Waals surface area contributed by atoms with Gasteiger partial charge in [-0.3, -0.25) is 0 Å². The van der Waals surface area contributed by atoms with Crippen molar-refractivity contribution in [1.82, 2.24) is 4.98 Å². The molecule has 0 atom stereocenters. The Labute approximate surface area is 99.1 Å². The Bertz CT molecular complexity index is 639. The third kappa shape index (κ3) is 1.37. The van der Waals surface area contributed by atoms with E-state index in [2.05, 4.69) is 15.2 Å². The number of H-pyrrole nitrogens is 1. The van der Waals surface area contributed by atoms with Crippen LogP contribution in [0.3, 0.4) is 0 Å². The molecule has 0 fully saturated rings. The number of benzene rings is 1. The van der Waals surface area contributed by atoms with E-state index < -0.39 is 11.8 Å². The van der Waals surface area contributed by atoms with Crippen LogP contribution in [-0.2, 0) is 12.3 Å². The van der Waals surface area contributed by atoms with E-state index >= 15 is 0 Å². The van der Waals surface area contributed by atoms with E-state index in [9.17, 15) is 13.2 Å². The summed E-state index contributed by atoms with van der Waals surface area (Å²) < 4.78 is 38.5. The molecule has 2 aromatic rings. The second-order valence-corrected chi connectivity index (χ2v) is 4.10. The number of aliphatic hydroxyl groups excluding tert-OH is 1. The number of nitrogens with one attached hydrogen (secondary N) is 1. The smallest absolute Gasteiger partial charge is 0.392 e. The number of alkyl halides is 3. The molecule has 0 bridgehead atoms. The van der Waals surface area contributed by atoms with Gasteiger partial charge in [0.1, 0.15) is 0 Å². The molecule has 1 aromatic carbocycles. The molecule has 94 valence electrons. The van der Waals surface area contributed by atoms with Gasteiger partial charge in [-0.1, -0.05) is 6.07 Å². The van der Waals surface area contributed by atoms with Crippen LogP contribution in [0, 0.1) is 0 Å². The normalized spacial score (nSPS) is 17.3. The Balaban J connectivity index is 2.14. The molecule has 0 spiro atoms. The number of hydrogen-bond acceptors (Lipinski definition) is 3. The Hall–Kier alpha value is -1.89. The first kappa shape index (κ1) is 11.2. The highest BCUT2D eigenvalue weighted by molar-refractivity contribution is 5.84. The van der Waals surface area contributed by atoms with Crippen molar-refractivity contribution < 1.29 is 18.3 Å². The number of aromatic amines is 1. The maximum Gasteiger partial charge on any atom is 0.442 e. The van der Waals surface area contributed by atoms with Crippen LogP contribution in [0.25, 0.3) is 10.9 Å². The van der Waals surface area contributed by atoms with Gasteiger partial charge in [0.15, 0.2) is 0 Å². The minimum atomic E-state index is -4.53. The topological polar surface area (TPSA) is 60.7 Å². The Kier molecular flexibility index (Phi) is 2.07. The molecule has 0 amide bonds. The molecule has 1 aromatic heterocycles. The van der Waals surface area contributed by atoms with E-state index in [0.717, 1.165) is 0 Å². The Morgan fingerprint density at radius 3 is 2.56 bits per heavy atom. The molecule has 0 unspecified atom stereocenters. The fraction of sp³-hybridized carbons (Fsp3) is 0.273. The minimum Gasteiger partial charge on any atom is -0.392 e. The number of fused-ring (bicyclic) bond motifs is 1. The maximum absolute atomic E-state index is 12.8. The van der Waals surface area contributed by atoms with Crippen molar-refractivity contribution in [2.45, 2.75) is 18.4 Å². The first-order chi connectivity index (χ1) is 8.48. The van der Waals surface area contributed by atoms with E-state index in [-0.39, 0.29) is 12.2 Å². The van der Waals surface area contributed by atoms with Crippen LogP contribution in [0.5, 0.6) is 0 Å². The highest BCUT2D eigenvalue weighted by atomic mass is 19.4. The molecule has 4 nitrogen and oxygen atoms in total. The molecule has 2 N–H and O–H groups in total. The van der Waals surface area contributed by atoms with Gasteiger partial charge in [-0.25, -0.2) is 0 Å². The molecule has 7 heteroatoms. The highest BCUT2D eigenvalue weighted by Gasteiger charge is 2.65. The van der Waals surface area contributed by atoms with Crippen LogP contribution in [0.4, 0.5) is 13.2 Å². The zero-order valence-corrected chi connectivity index (χ0v) is 8.99. The number of aliphatic hydroxyl groups is 1. The fourth-order valence-corrected chi connectivity index (χ4v) is 1.97. The Morgan fingerprint density at radius 2 is 2.00 bits per heavy atom. The predicted molar refractivity (Wildman–Crippen MR) is 56.8 cm³/mol. The summed E-state index contributed by atoms with van der Waals surface area (Å²) >= 11 is 0. The van der Waals surface area contributed by atoms with Crippen molar-refractivity contribution in [2.75, 3.05) is 0 Å². The van der Waals surface area contributed by atoms with E-state index in [1.54, 1.807) is 6.20 Å². The summed E-state index contributed by atoms with van der Waals surface area (Å²) in [7, 11) is 0. The van der Waals surface area contributed by atoms with Gasteiger partial charge >= 0.3 is 11.8 Å². The highest BCUT2D eigenvalue weighted by Crippen LogP contribution is 2.52. The molecular weight excluding hydrogens is 247 g/mol. The summed E-state index contributed by atoms with van der Waals surface area (Å²) in [5.74, 6) is 0. The minimum absolute atomic E-state index is 0.0307. The molecule has 1 aliphatic rings. The van der Waals surface area contributed by atoms with Crippen molar-refractivity contribution in [3.63, 3.8) is 0 Å². The van der Waals surface area contributed by atoms with Gasteiger partial charge in [-0.2, -0.15) is 13.2 Å². The Morgan fingerprint density at radius 1 is 1.28 bits per heavy atom. The summed E-state index contributed by atoms with van der Waals surface area (Å²) in [6.07, 6.45) is -2.97. The van der Waals surface area contributed by atoms with Gasteiger partial charge in [-0.15, -0.1) is 10.2 Å². The van der Waals surface area contributed by atoms with E-state index in [1.807, 2.05) is 0 Å². The van der Waals surface area contributed by atoms with Gasteiger partial charge in [0, 0.05) is 28.2 Å². The van der Waals surface area contributed by atoms with Crippen LogP contribution in [-0.4, -0.2) is 16.3 Å². The zero-order valence-electron chi connectivity index (χ0n) is 8.99. The number of halogens is 3. The summed E-state index contributed by atoms with van der Waals surface area (Å²) in [5, 5.41) is 16.0. The van der Waals surface area contributed by atoms with Gasteiger partial charge in [-0.05, 0) is 12.1 Å². The summed E-state index contributed by atoms with van der Waals surface area (Å²) in [5.41, 5.74) is -1.23. The van der Waals surface area contributed by atoms with Crippen LogP contribution in [0.1, 0.15) is 11.1 Å². The van der Waals surface area contributed by atoms with E-state index in [0.29, 0.717) is 16.5 Å². The standard InChI is InChI=1S/C11H8F3N3O/c12-11(13,14)10(16-17-10)7-1-2-9-8(3-7)6(5-18)4-15-9/h1-4,15,18H,5H2. The largest absolute Gasteiger partial charge is 0.442 e. The van der Waals surface area contributed by atoms with Crippen molar-refractivity contribution in [3.05, 3.63) is 35.5 Å². The second-order valence-electron chi connectivity index (χ2n) is 4.10. The van der Waals surface area contributed by atoms with Crippen LogP contribution < -0.4 is 0 Å². The lowest BCUT2D eigenvalue weighted by atomic mass is 10.0. The van der Waals surface area contributed by atoms with E-state index in [1.165, 1.54) is 18.2 Å².